The third-order valence-corrected chi connectivity index (χ3v) is 2.67. The predicted octanol–water partition coefficient (Wildman–Crippen LogP) is 1.50. The number of pyridine rings is 2. The minimum atomic E-state index is 0.0325. The fourth-order valence-corrected chi connectivity index (χ4v) is 1.72. The fourth-order valence-electron chi connectivity index (χ4n) is 1.72. The van der Waals surface area contributed by atoms with Gasteiger partial charge in [-0.3, -0.25) is 4.98 Å². The Bertz CT molecular complexity index is 599. The highest BCUT2D eigenvalue weighted by Gasteiger charge is 2.05. The molecule has 0 aliphatic rings. The Morgan fingerprint density at radius 1 is 1.40 bits per heavy atom. The van der Waals surface area contributed by atoms with E-state index in [1.165, 1.54) is 0 Å². The van der Waals surface area contributed by atoms with Gasteiger partial charge in [0.1, 0.15) is 0 Å². The number of hydrogen-bond acceptors (Lipinski definition) is 5. The van der Waals surface area contributed by atoms with Crippen molar-refractivity contribution in [1.82, 2.24) is 9.97 Å². The summed E-state index contributed by atoms with van der Waals surface area (Å²) in [6.07, 6.45) is 2.44. The van der Waals surface area contributed by atoms with Gasteiger partial charge in [0.25, 0.3) is 0 Å². The summed E-state index contributed by atoms with van der Waals surface area (Å²) in [5, 5.41) is 11.7. The van der Waals surface area contributed by atoms with Crippen LogP contribution in [0.5, 0.6) is 5.88 Å². The summed E-state index contributed by atoms with van der Waals surface area (Å²) in [6, 6.07) is 9.11. The lowest BCUT2D eigenvalue weighted by Crippen LogP contribution is -2.14. The van der Waals surface area contributed by atoms with Crippen molar-refractivity contribution in [1.29, 1.82) is 0 Å². The van der Waals surface area contributed by atoms with Crippen LogP contribution < -0.4 is 10.5 Å². The van der Waals surface area contributed by atoms with E-state index < -0.39 is 0 Å². The molecule has 0 saturated heterocycles. The number of nitrogens with two attached hydrogens (primary N) is 1. The lowest BCUT2D eigenvalue weighted by atomic mass is 10.2. The van der Waals surface area contributed by atoms with E-state index in [1.54, 1.807) is 18.3 Å². The summed E-state index contributed by atoms with van der Waals surface area (Å²) < 4.78 is 5.58. The highest BCUT2D eigenvalue weighted by atomic mass is 16.5. The molecule has 0 saturated carbocycles. The quantitative estimate of drug-likeness (QED) is 0.372. The van der Waals surface area contributed by atoms with Crippen LogP contribution >= 0.6 is 0 Å². The molecule has 2 aromatic heterocycles. The Balaban J connectivity index is 2.01. The first-order valence-electron chi connectivity index (χ1n) is 6.18. The summed E-state index contributed by atoms with van der Waals surface area (Å²) in [6.45, 7) is 2.28. The zero-order chi connectivity index (χ0) is 14.4. The summed E-state index contributed by atoms with van der Waals surface area (Å²) in [7, 11) is 0. The molecule has 6 heteroatoms. The molecule has 0 radical (unpaired) electrons. The molecule has 0 amide bonds. The molecule has 2 heterocycles. The van der Waals surface area contributed by atoms with Gasteiger partial charge in [0.05, 0.1) is 6.61 Å². The van der Waals surface area contributed by atoms with Crippen molar-refractivity contribution in [3.05, 3.63) is 53.5 Å². The van der Waals surface area contributed by atoms with Crippen LogP contribution in [0.3, 0.4) is 0 Å². The van der Waals surface area contributed by atoms with Gasteiger partial charge in [-0.05, 0) is 25.1 Å². The number of hydrogen-bond donors (Lipinski definition) is 2. The predicted molar refractivity (Wildman–Crippen MR) is 74.9 cm³/mol. The average molecular weight is 272 g/mol. The van der Waals surface area contributed by atoms with Gasteiger partial charge in [0.2, 0.25) is 5.88 Å². The highest BCUT2D eigenvalue weighted by Crippen LogP contribution is 2.12. The third kappa shape index (κ3) is 3.68. The van der Waals surface area contributed by atoms with Gasteiger partial charge in [0.15, 0.2) is 5.84 Å². The number of oxime groups is 1. The van der Waals surface area contributed by atoms with E-state index in [4.69, 9.17) is 15.7 Å². The maximum Gasteiger partial charge on any atom is 0.214 e. The van der Waals surface area contributed by atoms with E-state index in [0.29, 0.717) is 24.5 Å². The maximum atomic E-state index is 8.69. The van der Waals surface area contributed by atoms with Crippen molar-refractivity contribution in [3.63, 3.8) is 0 Å². The van der Waals surface area contributed by atoms with Crippen LogP contribution in [-0.2, 0) is 6.42 Å². The molecule has 0 atom stereocenters. The largest absolute Gasteiger partial charge is 0.477 e. The third-order valence-electron chi connectivity index (χ3n) is 2.67. The minimum absolute atomic E-state index is 0.0325. The molecule has 20 heavy (non-hydrogen) atoms. The first-order valence-corrected chi connectivity index (χ1v) is 6.18. The second-order valence-electron chi connectivity index (χ2n) is 4.24. The molecule has 0 fully saturated rings. The normalized spacial score (nSPS) is 11.3. The summed E-state index contributed by atoms with van der Waals surface area (Å²) in [5.74, 6) is 0.479. The van der Waals surface area contributed by atoms with Crippen LogP contribution in [0.2, 0.25) is 0 Å². The summed E-state index contributed by atoms with van der Waals surface area (Å²) in [4.78, 5) is 8.46. The second kappa shape index (κ2) is 6.51. The second-order valence-corrected chi connectivity index (χ2v) is 4.24. The van der Waals surface area contributed by atoms with E-state index >= 15 is 0 Å². The average Bonchev–Trinajstić information content (AvgIpc) is 2.47. The molecule has 0 aromatic carbocycles. The lowest BCUT2D eigenvalue weighted by molar-refractivity contribution is 0.307. The number of aryl methyl sites for hydroxylation is 1. The van der Waals surface area contributed by atoms with E-state index in [-0.39, 0.29) is 5.84 Å². The fraction of sp³-hybridized carbons (Fsp3) is 0.214. The van der Waals surface area contributed by atoms with Crippen LogP contribution in [0.1, 0.15) is 17.0 Å². The minimum Gasteiger partial charge on any atom is -0.477 e. The molecule has 3 N–H and O–H groups in total. The molecule has 6 nitrogen and oxygen atoms in total. The molecule has 2 aromatic rings. The van der Waals surface area contributed by atoms with Gasteiger partial charge in [-0.25, -0.2) is 4.98 Å². The van der Waals surface area contributed by atoms with Gasteiger partial charge in [0, 0.05) is 35.6 Å². The van der Waals surface area contributed by atoms with Gasteiger partial charge < -0.3 is 15.7 Å². The Labute approximate surface area is 116 Å². The molecular formula is C14H16N4O2. The molecule has 2 rings (SSSR count). The Kier molecular flexibility index (Phi) is 4.49. The standard InChI is InChI=1S/C14H16N4O2/c1-10-8-11(14(15)18-19)9-13(17-10)20-7-5-12-4-2-3-6-16-12/h2-4,6,8-9,19H,5,7H2,1H3,(H2,15,18). The van der Waals surface area contributed by atoms with Crippen molar-refractivity contribution in [3.8, 4) is 5.88 Å². The Morgan fingerprint density at radius 3 is 2.95 bits per heavy atom. The van der Waals surface area contributed by atoms with Crippen molar-refractivity contribution < 1.29 is 9.94 Å². The van der Waals surface area contributed by atoms with Crippen molar-refractivity contribution in [2.75, 3.05) is 6.61 Å². The monoisotopic (exact) mass is 272 g/mol. The Morgan fingerprint density at radius 2 is 2.25 bits per heavy atom. The van der Waals surface area contributed by atoms with Crippen LogP contribution in [0.15, 0.2) is 41.7 Å². The van der Waals surface area contributed by atoms with Gasteiger partial charge in [-0.2, -0.15) is 0 Å². The number of nitrogens with zero attached hydrogens (tertiary/aromatic N) is 3. The molecule has 0 bridgehead atoms. The SMILES string of the molecule is Cc1cc(/C(N)=N/O)cc(OCCc2ccccn2)n1. The van der Waals surface area contributed by atoms with Crippen LogP contribution in [0.4, 0.5) is 0 Å². The zero-order valence-corrected chi connectivity index (χ0v) is 11.2. The molecule has 0 aliphatic heterocycles. The number of aromatic nitrogens is 2. The lowest BCUT2D eigenvalue weighted by Gasteiger charge is -2.08. The molecule has 104 valence electrons. The number of rotatable bonds is 5. The highest BCUT2D eigenvalue weighted by molar-refractivity contribution is 5.97. The van der Waals surface area contributed by atoms with Crippen molar-refractivity contribution in [2.45, 2.75) is 13.3 Å². The van der Waals surface area contributed by atoms with Gasteiger partial charge in [-0.15, -0.1) is 0 Å². The number of amidine groups is 1. The Hall–Kier alpha value is -2.63. The first kappa shape index (κ1) is 13.8. The zero-order valence-electron chi connectivity index (χ0n) is 11.2. The van der Waals surface area contributed by atoms with Crippen LogP contribution in [0, 0.1) is 6.92 Å². The molecular weight excluding hydrogens is 256 g/mol. The van der Waals surface area contributed by atoms with Crippen LogP contribution in [-0.4, -0.2) is 27.6 Å². The van der Waals surface area contributed by atoms with Gasteiger partial charge in [-0.1, -0.05) is 11.2 Å². The van der Waals surface area contributed by atoms with E-state index in [1.807, 2.05) is 25.1 Å². The maximum absolute atomic E-state index is 8.69. The topological polar surface area (TPSA) is 93.6 Å². The van der Waals surface area contributed by atoms with Crippen molar-refractivity contribution >= 4 is 5.84 Å². The van der Waals surface area contributed by atoms with E-state index in [2.05, 4.69) is 15.1 Å². The van der Waals surface area contributed by atoms with Gasteiger partial charge >= 0.3 is 0 Å². The molecule has 0 unspecified atom stereocenters. The van der Waals surface area contributed by atoms with E-state index in [0.717, 1.165) is 11.4 Å². The summed E-state index contributed by atoms with van der Waals surface area (Å²) >= 11 is 0. The van der Waals surface area contributed by atoms with Crippen molar-refractivity contribution in [2.24, 2.45) is 10.9 Å². The molecule has 0 aliphatic carbocycles. The van der Waals surface area contributed by atoms with E-state index in [9.17, 15) is 0 Å². The first-order chi connectivity index (χ1) is 9.69. The molecule has 0 spiro atoms. The van der Waals surface area contributed by atoms with Crippen LogP contribution in [0.25, 0.3) is 0 Å². The smallest absolute Gasteiger partial charge is 0.214 e. The summed E-state index contributed by atoms with van der Waals surface area (Å²) in [5.41, 5.74) is 7.83. The number of ether oxygens (including phenoxy) is 1.